The van der Waals surface area contributed by atoms with Crippen molar-refractivity contribution >= 4 is 34.8 Å². The average molecular weight is 333 g/mol. The highest BCUT2D eigenvalue weighted by Gasteiger charge is 2.24. The lowest BCUT2D eigenvalue weighted by atomic mass is 10.0. The molecule has 1 amide bonds. The van der Waals surface area contributed by atoms with Crippen LogP contribution in [0.2, 0.25) is 10.0 Å². The van der Waals surface area contributed by atoms with Gasteiger partial charge in [-0.1, -0.05) is 37.0 Å². The van der Waals surface area contributed by atoms with Crippen molar-refractivity contribution in [2.45, 2.75) is 33.2 Å². The Labute approximate surface area is 134 Å². The van der Waals surface area contributed by atoms with Gasteiger partial charge in [-0.15, -0.1) is 0 Å². The molecule has 0 aromatic heterocycles. The number of halogens is 2. The molecule has 0 saturated carbocycles. The molecule has 1 atom stereocenters. The van der Waals surface area contributed by atoms with E-state index in [1.54, 1.807) is 11.9 Å². The fourth-order valence-corrected chi connectivity index (χ4v) is 2.47. The van der Waals surface area contributed by atoms with Crippen LogP contribution in [-0.2, 0) is 0 Å². The molecule has 1 aromatic rings. The van der Waals surface area contributed by atoms with Crippen molar-refractivity contribution < 1.29 is 9.72 Å². The van der Waals surface area contributed by atoms with Gasteiger partial charge in [-0.05, 0) is 25.3 Å². The monoisotopic (exact) mass is 332 g/mol. The molecule has 1 unspecified atom stereocenters. The van der Waals surface area contributed by atoms with Gasteiger partial charge in [0.1, 0.15) is 5.02 Å². The molecule has 0 saturated heterocycles. The Hall–Kier alpha value is -1.33. The molecule has 0 aliphatic heterocycles. The lowest BCUT2D eigenvalue weighted by Crippen LogP contribution is -2.35. The normalized spacial score (nSPS) is 12.3. The molecule has 0 N–H and O–H groups in total. The highest BCUT2D eigenvalue weighted by Crippen LogP contribution is 2.33. The molecule has 0 aliphatic rings. The topological polar surface area (TPSA) is 63.5 Å². The summed E-state index contributed by atoms with van der Waals surface area (Å²) in [5.41, 5.74) is -0.202. The summed E-state index contributed by atoms with van der Waals surface area (Å²) in [5.74, 6) is 0.128. The van der Waals surface area contributed by atoms with E-state index in [9.17, 15) is 14.9 Å². The van der Waals surface area contributed by atoms with Gasteiger partial charge < -0.3 is 4.90 Å². The third-order valence-electron chi connectivity index (χ3n) is 3.25. The zero-order chi connectivity index (χ0) is 16.3. The number of amides is 1. The molecule has 0 fully saturated rings. The maximum absolute atomic E-state index is 12.4. The summed E-state index contributed by atoms with van der Waals surface area (Å²) in [4.78, 5) is 24.3. The van der Waals surface area contributed by atoms with E-state index in [-0.39, 0.29) is 33.2 Å². The van der Waals surface area contributed by atoms with Crippen LogP contribution in [0.15, 0.2) is 12.1 Å². The van der Waals surface area contributed by atoms with Crippen molar-refractivity contribution in [2.24, 2.45) is 5.92 Å². The molecule has 1 rings (SSSR count). The largest absolute Gasteiger partial charge is 0.339 e. The Bertz CT molecular complexity index is 561. The van der Waals surface area contributed by atoms with Gasteiger partial charge in [0.25, 0.3) is 11.6 Å². The number of benzene rings is 1. The van der Waals surface area contributed by atoms with Crippen LogP contribution in [0.25, 0.3) is 0 Å². The number of carbonyl (C=O) groups is 1. The van der Waals surface area contributed by atoms with Gasteiger partial charge in [-0.25, -0.2) is 0 Å². The van der Waals surface area contributed by atoms with E-state index in [0.29, 0.717) is 5.92 Å². The third-order valence-corrected chi connectivity index (χ3v) is 4.04. The average Bonchev–Trinajstić information content (AvgIpc) is 2.38. The minimum absolute atomic E-state index is 0.000806. The van der Waals surface area contributed by atoms with Crippen molar-refractivity contribution in [1.82, 2.24) is 4.90 Å². The van der Waals surface area contributed by atoms with E-state index >= 15 is 0 Å². The number of hydrogen-bond donors (Lipinski definition) is 0. The molecule has 0 radical (unpaired) electrons. The van der Waals surface area contributed by atoms with E-state index in [1.165, 1.54) is 6.07 Å². The minimum Gasteiger partial charge on any atom is -0.339 e. The number of carbonyl (C=O) groups excluding carboxylic acids is 1. The summed E-state index contributed by atoms with van der Waals surface area (Å²) < 4.78 is 0. The Morgan fingerprint density at radius 3 is 2.38 bits per heavy atom. The number of nitrogens with zero attached hydrogens (tertiary/aromatic N) is 2. The van der Waals surface area contributed by atoms with E-state index in [2.05, 4.69) is 13.8 Å². The second-order valence-electron chi connectivity index (χ2n) is 5.44. The SMILES string of the molecule is CC(C)CC(C)N(C)C(=O)c1cc(Cl)c(Cl)c([N+](=O)[O-])c1. The van der Waals surface area contributed by atoms with Gasteiger partial charge in [-0.2, -0.15) is 0 Å². The number of nitro benzene ring substituents is 1. The van der Waals surface area contributed by atoms with Crippen molar-refractivity contribution in [3.63, 3.8) is 0 Å². The molecule has 7 heteroatoms. The Morgan fingerprint density at radius 2 is 1.90 bits per heavy atom. The van der Waals surface area contributed by atoms with Gasteiger partial charge in [0.15, 0.2) is 0 Å². The Kier molecular flexibility index (Phi) is 5.98. The number of nitro groups is 1. The summed E-state index contributed by atoms with van der Waals surface area (Å²) in [6, 6.07) is 2.54. The molecular formula is C14H18Cl2N2O3. The zero-order valence-electron chi connectivity index (χ0n) is 12.4. The lowest BCUT2D eigenvalue weighted by molar-refractivity contribution is -0.384. The maximum atomic E-state index is 12.4. The van der Waals surface area contributed by atoms with E-state index < -0.39 is 4.92 Å². The summed E-state index contributed by atoms with van der Waals surface area (Å²) in [7, 11) is 1.67. The summed E-state index contributed by atoms with van der Waals surface area (Å²) in [6.07, 6.45) is 0.839. The van der Waals surface area contributed by atoms with Crippen LogP contribution in [0.3, 0.4) is 0 Å². The quantitative estimate of drug-likeness (QED) is 0.592. The fraction of sp³-hybridized carbons (Fsp3) is 0.500. The van der Waals surface area contributed by atoms with Gasteiger partial charge in [0.05, 0.1) is 9.95 Å². The highest BCUT2D eigenvalue weighted by molar-refractivity contribution is 6.43. The zero-order valence-corrected chi connectivity index (χ0v) is 13.9. The van der Waals surface area contributed by atoms with Crippen LogP contribution in [0.5, 0.6) is 0 Å². The first-order valence-corrected chi connectivity index (χ1v) is 7.31. The molecule has 0 spiro atoms. The van der Waals surface area contributed by atoms with Gasteiger partial charge in [0.2, 0.25) is 0 Å². The summed E-state index contributed by atoms with van der Waals surface area (Å²) in [6.45, 7) is 6.07. The number of hydrogen-bond acceptors (Lipinski definition) is 3. The Morgan fingerprint density at radius 1 is 1.33 bits per heavy atom. The van der Waals surface area contributed by atoms with Crippen molar-refractivity contribution in [2.75, 3.05) is 7.05 Å². The standard InChI is InChI=1S/C14H18Cl2N2O3/c1-8(2)5-9(3)17(4)14(19)10-6-11(15)13(16)12(7-10)18(20)21/h6-9H,5H2,1-4H3. The predicted octanol–water partition coefficient (Wildman–Crippen LogP) is 4.41. The van der Waals surface area contributed by atoms with Gasteiger partial charge >= 0.3 is 0 Å². The first-order valence-electron chi connectivity index (χ1n) is 6.55. The van der Waals surface area contributed by atoms with E-state index in [1.807, 2.05) is 6.92 Å². The van der Waals surface area contributed by atoms with E-state index in [0.717, 1.165) is 12.5 Å². The van der Waals surface area contributed by atoms with Crippen LogP contribution in [0.4, 0.5) is 5.69 Å². The molecule has 0 heterocycles. The summed E-state index contributed by atoms with van der Waals surface area (Å²) in [5, 5.41) is 10.8. The molecule has 0 aliphatic carbocycles. The first kappa shape index (κ1) is 17.7. The molecule has 0 bridgehead atoms. The van der Waals surface area contributed by atoms with Crippen LogP contribution in [0.1, 0.15) is 37.6 Å². The molecule has 1 aromatic carbocycles. The van der Waals surface area contributed by atoms with Crippen LogP contribution >= 0.6 is 23.2 Å². The van der Waals surface area contributed by atoms with Crippen molar-refractivity contribution in [3.05, 3.63) is 37.9 Å². The first-order chi connectivity index (χ1) is 9.65. The van der Waals surface area contributed by atoms with Crippen LogP contribution in [0, 0.1) is 16.0 Å². The lowest BCUT2D eigenvalue weighted by Gasteiger charge is -2.26. The summed E-state index contributed by atoms with van der Waals surface area (Å²) >= 11 is 11.6. The van der Waals surface area contributed by atoms with Gasteiger partial charge in [-0.3, -0.25) is 14.9 Å². The molecular weight excluding hydrogens is 315 g/mol. The number of rotatable bonds is 5. The third kappa shape index (κ3) is 4.32. The second kappa shape index (κ2) is 7.09. The Balaban J connectivity index is 3.10. The highest BCUT2D eigenvalue weighted by atomic mass is 35.5. The van der Waals surface area contributed by atoms with E-state index in [4.69, 9.17) is 23.2 Å². The molecule has 116 valence electrons. The fourth-order valence-electron chi connectivity index (χ4n) is 2.08. The molecule has 5 nitrogen and oxygen atoms in total. The smallest absolute Gasteiger partial charge is 0.290 e. The maximum Gasteiger partial charge on any atom is 0.290 e. The van der Waals surface area contributed by atoms with Crippen LogP contribution in [-0.4, -0.2) is 28.8 Å². The van der Waals surface area contributed by atoms with Gasteiger partial charge in [0, 0.05) is 24.7 Å². The van der Waals surface area contributed by atoms with Crippen molar-refractivity contribution in [1.29, 1.82) is 0 Å². The van der Waals surface area contributed by atoms with Crippen LogP contribution < -0.4 is 0 Å². The molecule has 21 heavy (non-hydrogen) atoms. The minimum atomic E-state index is -0.650. The second-order valence-corrected chi connectivity index (χ2v) is 6.23. The van der Waals surface area contributed by atoms with Crippen molar-refractivity contribution in [3.8, 4) is 0 Å². The predicted molar refractivity (Wildman–Crippen MR) is 84.1 cm³/mol.